The molecule has 1 aliphatic heterocycles. The van der Waals surface area contributed by atoms with Crippen molar-refractivity contribution in [1.29, 1.82) is 0 Å². The molecule has 0 unspecified atom stereocenters. The van der Waals surface area contributed by atoms with Crippen molar-refractivity contribution in [2.75, 3.05) is 18.5 Å². The Morgan fingerprint density at radius 3 is 2.70 bits per heavy atom. The molecule has 2 aromatic carbocycles. The molecule has 8 nitrogen and oxygen atoms in total. The van der Waals surface area contributed by atoms with Crippen LogP contribution in [-0.4, -0.2) is 45.3 Å². The van der Waals surface area contributed by atoms with Gasteiger partial charge in [-0.2, -0.15) is 0 Å². The number of nitrogens with zero attached hydrogens (tertiary/aromatic N) is 5. The number of fused-ring (bicyclic) bond motifs is 1. The average Bonchev–Trinajstić information content (AvgIpc) is 3.52. The summed E-state index contributed by atoms with van der Waals surface area (Å²) in [5, 5.41) is 2.57. The van der Waals surface area contributed by atoms with Crippen LogP contribution in [0.5, 0.6) is 0 Å². The van der Waals surface area contributed by atoms with Crippen LogP contribution >= 0.6 is 11.6 Å². The van der Waals surface area contributed by atoms with Gasteiger partial charge < -0.3 is 9.47 Å². The second-order valence-corrected chi connectivity index (χ2v) is 10.4. The van der Waals surface area contributed by atoms with E-state index < -0.39 is 0 Å². The molecule has 3 heterocycles. The number of halogens is 2. The molecule has 5 rings (SSSR count). The molecule has 2 aromatic heterocycles. The summed E-state index contributed by atoms with van der Waals surface area (Å²) in [5.41, 5.74) is 5.90. The Kier molecular flexibility index (Phi) is 8.23. The van der Waals surface area contributed by atoms with Gasteiger partial charge in [-0.25, -0.2) is 9.37 Å². The molecule has 40 heavy (non-hydrogen) atoms. The topological polar surface area (TPSA) is 83.4 Å². The number of carbonyl (C=O) groups is 2. The number of imide groups is 1. The Bertz CT molecular complexity index is 1520. The number of carbonyl (C=O) groups excluding carboxylic acids is 2. The number of imidazole rings is 1. The molecule has 10 heteroatoms. The summed E-state index contributed by atoms with van der Waals surface area (Å²) in [6.45, 7) is 2.88. The van der Waals surface area contributed by atoms with E-state index in [1.807, 2.05) is 41.9 Å². The maximum absolute atomic E-state index is 14.1. The van der Waals surface area contributed by atoms with Gasteiger partial charge in [0.2, 0.25) is 12.3 Å². The largest absolute Gasteiger partial charge is 0.359 e. The van der Waals surface area contributed by atoms with E-state index in [1.165, 1.54) is 17.2 Å². The molecule has 4 aromatic rings. The lowest BCUT2D eigenvalue weighted by molar-refractivity contribution is -0.125. The first-order valence-corrected chi connectivity index (χ1v) is 13.4. The third-order valence-corrected chi connectivity index (χ3v) is 7.57. The van der Waals surface area contributed by atoms with E-state index in [9.17, 15) is 14.0 Å². The first kappa shape index (κ1) is 27.5. The third kappa shape index (κ3) is 6.05. The van der Waals surface area contributed by atoms with E-state index >= 15 is 0 Å². The van der Waals surface area contributed by atoms with E-state index in [-0.39, 0.29) is 18.1 Å². The van der Waals surface area contributed by atoms with Crippen molar-refractivity contribution in [3.8, 4) is 11.4 Å². The standard InChI is InChI=1S/C30H30ClFN6O2/c1-36(11-10-28(40)35-19-39)29-15-34-30(37(29)2)21-7-8-22-17-38(18-23(22)12-21)16-20-6-9-24(33-14-20)13-25-26(31)4-3-5-27(25)32/h3-9,12,14-15,19H,10-11,13,16-18H2,1-2H3,(H,35,39,40). The number of amides is 2. The highest BCUT2D eigenvalue weighted by atomic mass is 35.5. The Morgan fingerprint density at radius 2 is 1.95 bits per heavy atom. The third-order valence-electron chi connectivity index (χ3n) is 7.21. The molecule has 2 amide bonds. The van der Waals surface area contributed by atoms with Crippen molar-refractivity contribution in [3.63, 3.8) is 0 Å². The summed E-state index contributed by atoms with van der Waals surface area (Å²) in [6, 6.07) is 15.1. The van der Waals surface area contributed by atoms with Gasteiger partial charge in [0.15, 0.2) is 0 Å². The van der Waals surface area contributed by atoms with Gasteiger partial charge in [0.25, 0.3) is 0 Å². The van der Waals surface area contributed by atoms with Crippen LogP contribution in [0.4, 0.5) is 10.2 Å². The molecule has 0 radical (unpaired) electrons. The first-order valence-electron chi connectivity index (χ1n) is 13.0. The van der Waals surface area contributed by atoms with Crippen LogP contribution in [0.15, 0.2) is 60.9 Å². The van der Waals surface area contributed by atoms with Crippen LogP contribution in [0, 0.1) is 5.82 Å². The van der Waals surface area contributed by atoms with Gasteiger partial charge >= 0.3 is 0 Å². The second kappa shape index (κ2) is 12.0. The minimum atomic E-state index is -0.318. The van der Waals surface area contributed by atoms with Crippen LogP contribution in [0.2, 0.25) is 5.02 Å². The Hall–Kier alpha value is -4.08. The number of hydrogen-bond acceptors (Lipinski definition) is 6. The SMILES string of the molecule is CN(CCC(=O)NC=O)c1cnc(-c2ccc3c(c2)CN(Cc2ccc(Cc4c(F)cccc4Cl)nc2)C3)n1C. The zero-order valence-corrected chi connectivity index (χ0v) is 23.2. The van der Waals surface area contributed by atoms with E-state index in [2.05, 4.69) is 38.4 Å². The maximum atomic E-state index is 14.1. The van der Waals surface area contributed by atoms with Crippen molar-refractivity contribution < 1.29 is 14.0 Å². The smallest absolute Gasteiger partial charge is 0.228 e. The van der Waals surface area contributed by atoms with Gasteiger partial charge in [0.05, 0.1) is 6.20 Å². The molecule has 0 atom stereocenters. The highest BCUT2D eigenvalue weighted by Crippen LogP contribution is 2.30. The molecular formula is C30H30ClFN6O2. The van der Waals surface area contributed by atoms with E-state index in [1.54, 1.807) is 18.3 Å². The number of aromatic nitrogens is 3. The lowest BCUT2D eigenvalue weighted by Gasteiger charge is -2.19. The van der Waals surface area contributed by atoms with Crippen molar-refractivity contribution in [1.82, 2.24) is 24.8 Å². The van der Waals surface area contributed by atoms with Gasteiger partial charge in [-0.1, -0.05) is 35.9 Å². The minimum Gasteiger partial charge on any atom is -0.359 e. The van der Waals surface area contributed by atoms with E-state index in [0.29, 0.717) is 30.0 Å². The zero-order valence-electron chi connectivity index (χ0n) is 22.4. The number of pyridine rings is 1. The summed E-state index contributed by atoms with van der Waals surface area (Å²) in [6.07, 6.45) is 4.61. The summed E-state index contributed by atoms with van der Waals surface area (Å²) >= 11 is 6.17. The summed E-state index contributed by atoms with van der Waals surface area (Å²) in [5.74, 6) is 1.09. The average molecular weight is 561 g/mol. The number of nitrogens with one attached hydrogen (secondary N) is 1. The van der Waals surface area contributed by atoms with Crippen LogP contribution in [0.3, 0.4) is 0 Å². The normalized spacial score (nSPS) is 12.8. The molecule has 206 valence electrons. The van der Waals surface area contributed by atoms with Gasteiger partial charge in [-0.05, 0) is 41.0 Å². The van der Waals surface area contributed by atoms with Crippen molar-refractivity contribution in [2.24, 2.45) is 7.05 Å². The summed E-state index contributed by atoms with van der Waals surface area (Å²) in [4.78, 5) is 35.6. The molecule has 0 saturated carbocycles. The highest BCUT2D eigenvalue weighted by Gasteiger charge is 2.21. The summed E-state index contributed by atoms with van der Waals surface area (Å²) in [7, 11) is 3.85. The molecule has 1 N–H and O–H groups in total. The van der Waals surface area contributed by atoms with E-state index in [4.69, 9.17) is 11.6 Å². The van der Waals surface area contributed by atoms with Gasteiger partial charge in [0, 0.05) is 81.2 Å². The lowest BCUT2D eigenvalue weighted by Crippen LogP contribution is -2.28. The number of anilines is 1. The molecule has 0 aliphatic carbocycles. The predicted octanol–water partition coefficient (Wildman–Crippen LogP) is 4.48. The Balaban J connectivity index is 1.21. The molecule has 0 bridgehead atoms. The predicted molar refractivity (Wildman–Crippen MR) is 152 cm³/mol. The summed E-state index contributed by atoms with van der Waals surface area (Å²) < 4.78 is 16.2. The fourth-order valence-electron chi connectivity index (χ4n) is 5.05. The van der Waals surface area contributed by atoms with Gasteiger partial charge in [-0.3, -0.25) is 24.8 Å². The Morgan fingerprint density at radius 1 is 1.12 bits per heavy atom. The molecular weight excluding hydrogens is 531 g/mol. The number of benzene rings is 2. The highest BCUT2D eigenvalue weighted by molar-refractivity contribution is 6.31. The number of hydrogen-bond donors (Lipinski definition) is 1. The van der Waals surface area contributed by atoms with Crippen molar-refractivity contribution in [2.45, 2.75) is 32.5 Å². The van der Waals surface area contributed by atoms with Crippen molar-refractivity contribution >= 4 is 29.7 Å². The second-order valence-electron chi connectivity index (χ2n) is 10.0. The quantitative estimate of drug-likeness (QED) is 0.288. The maximum Gasteiger partial charge on any atom is 0.228 e. The van der Waals surface area contributed by atoms with Crippen LogP contribution in [-0.2, 0) is 42.7 Å². The minimum absolute atomic E-state index is 0.211. The van der Waals surface area contributed by atoms with Gasteiger partial charge in [-0.15, -0.1) is 0 Å². The monoisotopic (exact) mass is 560 g/mol. The molecule has 1 aliphatic rings. The Labute approximate surface area is 237 Å². The lowest BCUT2D eigenvalue weighted by atomic mass is 10.1. The van der Waals surface area contributed by atoms with Crippen LogP contribution < -0.4 is 10.2 Å². The van der Waals surface area contributed by atoms with Crippen LogP contribution in [0.1, 0.15) is 34.4 Å². The number of rotatable bonds is 10. The zero-order chi connectivity index (χ0) is 28.2. The van der Waals surface area contributed by atoms with Crippen molar-refractivity contribution in [3.05, 3.63) is 99.7 Å². The van der Waals surface area contributed by atoms with Gasteiger partial charge in [0.1, 0.15) is 17.5 Å². The first-order chi connectivity index (χ1) is 19.3. The molecule has 0 spiro atoms. The van der Waals surface area contributed by atoms with E-state index in [0.717, 1.165) is 48.1 Å². The fourth-order valence-corrected chi connectivity index (χ4v) is 5.28. The fraction of sp³-hybridized carbons (Fsp3) is 0.267. The van der Waals surface area contributed by atoms with Crippen LogP contribution in [0.25, 0.3) is 11.4 Å². The molecule has 0 saturated heterocycles. The molecule has 0 fully saturated rings.